The lowest BCUT2D eigenvalue weighted by Crippen LogP contribution is -2.15. The van der Waals surface area contributed by atoms with Gasteiger partial charge in [-0.1, -0.05) is 15.9 Å². The van der Waals surface area contributed by atoms with Crippen molar-refractivity contribution in [3.63, 3.8) is 0 Å². The minimum Gasteiger partial charge on any atom is -0.469 e. The van der Waals surface area contributed by atoms with Crippen molar-refractivity contribution in [3.05, 3.63) is 52.4 Å². The van der Waals surface area contributed by atoms with Gasteiger partial charge in [0.25, 0.3) is 0 Å². The first-order chi connectivity index (χ1) is 8.65. The van der Waals surface area contributed by atoms with Crippen LogP contribution in [0.5, 0.6) is 0 Å². The van der Waals surface area contributed by atoms with Crippen molar-refractivity contribution in [2.24, 2.45) is 0 Å². The van der Waals surface area contributed by atoms with Crippen LogP contribution in [-0.4, -0.2) is 6.04 Å². The summed E-state index contributed by atoms with van der Waals surface area (Å²) in [6, 6.07) is 10.7. The molecular formula is C15H18BrNO. The molecule has 0 aliphatic rings. The molecule has 0 radical (unpaired) electrons. The maximum Gasteiger partial charge on any atom is 0.103 e. The summed E-state index contributed by atoms with van der Waals surface area (Å²) in [6.07, 6.45) is 3.75. The van der Waals surface area contributed by atoms with Crippen LogP contribution in [-0.2, 0) is 6.42 Å². The molecule has 0 fully saturated rings. The van der Waals surface area contributed by atoms with Gasteiger partial charge in [0.1, 0.15) is 5.76 Å². The molecule has 2 rings (SSSR count). The van der Waals surface area contributed by atoms with E-state index in [-0.39, 0.29) is 0 Å². The molecule has 1 N–H and O–H groups in total. The number of nitrogens with one attached hydrogen (secondary N) is 1. The second-order valence-corrected chi connectivity index (χ2v) is 5.48. The molecular weight excluding hydrogens is 290 g/mol. The third-order valence-electron chi connectivity index (χ3n) is 2.97. The Hall–Kier alpha value is -1.22. The summed E-state index contributed by atoms with van der Waals surface area (Å²) in [5, 5.41) is 3.51. The highest BCUT2D eigenvalue weighted by Gasteiger charge is 2.05. The van der Waals surface area contributed by atoms with E-state index < -0.39 is 0 Å². The number of hydrogen-bond acceptors (Lipinski definition) is 2. The maximum atomic E-state index is 5.33. The van der Waals surface area contributed by atoms with Crippen LogP contribution in [0, 0.1) is 6.92 Å². The summed E-state index contributed by atoms with van der Waals surface area (Å²) >= 11 is 3.51. The summed E-state index contributed by atoms with van der Waals surface area (Å²) in [5.41, 5.74) is 2.42. The zero-order chi connectivity index (χ0) is 13.0. The highest BCUT2D eigenvalue weighted by Crippen LogP contribution is 2.21. The van der Waals surface area contributed by atoms with Gasteiger partial charge in [-0.2, -0.15) is 0 Å². The van der Waals surface area contributed by atoms with Crippen LogP contribution < -0.4 is 5.32 Å². The van der Waals surface area contributed by atoms with Gasteiger partial charge in [0.15, 0.2) is 0 Å². The number of furan rings is 1. The summed E-state index contributed by atoms with van der Waals surface area (Å²) in [5.74, 6) is 1.05. The van der Waals surface area contributed by atoms with Crippen molar-refractivity contribution in [3.8, 4) is 0 Å². The predicted molar refractivity (Wildman–Crippen MR) is 79.0 cm³/mol. The Balaban J connectivity index is 1.86. The fourth-order valence-electron chi connectivity index (χ4n) is 1.90. The number of benzene rings is 1. The molecule has 2 nitrogen and oxygen atoms in total. The fraction of sp³-hybridized carbons (Fsp3) is 0.333. The SMILES string of the molecule is Cc1cc(NC(C)CCc2ccco2)ccc1Br. The van der Waals surface area contributed by atoms with Gasteiger partial charge in [-0.05, 0) is 56.2 Å². The van der Waals surface area contributed by atoms with Crippen LogP contribution in [0.15, 0.2) is 45.5 Å². The summed E-state index contributed by atoms with van der Waals surface area (Å²) in [6.45, 7) is 4.29. The lowest BCUT2D eigenvalue weighted by Gasteiger charge is -2.15. The largest absolute Gasteiger partial charge is 0.469 e. The molecule has 0 saturated heterocycles. The van der Waals surface area contributed by atoms with Gasteiger partial charge in [-0.25, -0.2) is 0 Å². The van der Waals surface area contributed by atoms with E-state index in [9.17, 15) is 0 Å². The fourth-order valence-corrected chi connectivity index (χ4v) is 2.15. The molecule has 0 aliphatic heterocycles. The summed E-state index contributed by atoms with van der Waals surface area (Å²) < 4.78 is 6.48. The lowest BCUT2D eigenvalue weighted by molar-refractivity contribution is 0.495. The van der Waals surface area contributed by atoms with E-state index in [0.29, 0.717) is 6.04 Å². The number of halogens is 1. The van der Waals surface area contributed by atoms with Gasteiger partial charge >= 0.3 is 0 Å². The molecule has 1 aromatic heterocycles. The first-order valence-electron chi connectivity index (χ1n) is 6.20. The molecule has 0 aliphatic carbocycles. The molecule has 0 spiro atoms. The first-order valence-corrected chi connectivity index (χ1v) is 6.99. The molecule has 18 heavy (non-hydrogen) atoms. The zero-order valence-corrected chi connectivity index (χ0v) is 12.3. The minimum atomic E-state index is 0.427. The van der Waals surface area contributed by atoms with Crippen LogP contribution in [0.2, 0.25) is 0 Å². The van der Waals surface area contributed by atoms with Gasteiger partial charge in [-0.15, -0.1) is 0 Å². The molecule has 96 valence electrons. The van der Waals surface area contributed by atoms with Gasteiger partial charge in [-0.3, -0.25) is 0 Å². The Morgan fingerprint density at radius 3 is 2.83 bits per heavy atom. The normalized spacial score (nSPS) is 12.4. The molecule has 1 heterocycles. The molecule has 1 atom stereocenters. The van der Waals surface area contributed by atoms with Gasteiger partial charge in [0.05, 0.1) is 6.26 Å². The summed E-state index contributed by atoms with van der Waals surface area (Å²) in [7, 11) is 0. The van der Waals surface area contributed by atoms with Crippen molar-refractivity contribution in [2.75, 3.05) is 5.32 Å². The molecule has 1 unspecified atom stereocenters. The maximum absolute atomic E-state index is 5.33. The van der Waals surface area contributed by atoms with E-state index in [2.05, 4.69) is 53.3 Å². The molecule has 1 aromatic carbocycles. The van der Waals surface area contributed by atoms with E-state index in [4.69, 9.17) is 4.42 Å². The molecule has 3 heteroatoms. The predicted octanol–water partition coefficient (Wildman–Crippen LogP) is 4.78. The van der Waals surface area contributed by atoms with E-state index in [0.717, 1.165) is 23.1 Å². The second kappa shape index (κ2) is 6.10. The van der Waals surface area contributed by atoms with E-state index in [1.54, 1.807) is 6.26 Å². The number of hydrogen-bond donors (Lipinski definition) is 1. The van der Waals surface area contributed by atoms with Crippen molar-refractivity contribution in [1.29, 1.82) is 0 Å². The lowest BCUT2D eigenvalue weighted by atomic mass is 10.1. The molecule has 0 bridgehead atoms. The molecule has 0 amide bonds. The average molecular weight is 308 g/mol. The van der Waals surface area contributed by atoms with Crippen molar-refractivity contribution >= 4 is 21.6 Å². The van der Waals surface area contributed by atoms with Crippen LogP contribution in [0.1, 0.15) is 24.7 Å². The highest BCUT2D eigenvalue weighted by molar-refractivity contribution is 9.10. The Morgan fingerprint density at radius 1 is 1.33 bits per heavy atom. The average Bonchev–Trinajstić information content (AvgIpc) is 2.84. The number of rotatable bonds is 5. The van der Waals surface area contributed by atoms with Crippen LogP contribution in [0.3, 0.4) is 0 Å². The third kappa shape index (κ3) is 3.64. The standard InChI is InChI=1S/C15H18BrNO/c1-11-10-13(6-8-15(11)16)17-12(2)5-7-14-4-3-9-18-14/h3-4,6,8-10,12,17H,5,7H2,1-2H3. The highest BCUT2D eigenvalue weighted by atomic mass is 79.9. The first kappa shape index (κ1) is 13.2. The monoisotopic (exact) mass is 307 g/mol. The Kier molecular flexibility index (Phi) is 4.48. The van der Waals surface area contributed by atoms with Gasteiger partial charge in [0, 0.05) is 22.6 Å². The van der Waals surface area contributed by atoms with E-state index >= 15 is 0 Å². The quantitative estimate of drug-likeness (QED) is 0.859. The molecule has 0 saturated carbocycles. The summed E-state index contributed by atoms with van der Waals surface area (Å²) in [4.78, 5) is 0. The number of aryl methyl sites for hydroxylation is 2. The Labute approximate surface area is 117 Å². The van der Waals surface area contributed by atoms with Gasteiger partial charge in [0.2, 0.25) is 0 Å². The van der Waals surface area contributed by atoms with Crippen molar-refractivity contribution in [1.82, 2.24) is 0 Å². The van der Waals surface area contributed by atoms with Crippen molar-refractivity contribution in [2.45, 2.75) is 32.7 Å². The van der Waals surface area contributed by atoms with Gasteiger partial charge < -0.3 is 9.73 Å². The minimum absolute atomic E-state index is 0.427. The van der Waals surface area contributed by atoms with Crippen LogP contribution in [0.4, 0.5) is 5.69 Å². The van der Waals surface area contributed by atoms with Crippen LogP contribution >= 0.6 is 15.9 Å². The van der Waals surface area contributed by atoms with Crippen LogP contribution in [0.25, 0.3) is 0 Å². The van der Waals surface area contributed by atoms with E-state index in [1.165, 1.54) is 11.3 Å². The second-order valence-electron chi connectivity index (χ2n) is 4.63. The molecule has 2 aromatic rings. The Morgan fingerprint density at radius 2 is 2.17 bits per heavy atom. The smallest absolute Gasteiger partial charge is 0.103 e. The Bertz CT molecular complexity index is 493. The topological polar surface area (TPSA) is 25.2 Å². The third-order valence-corrected chi connectivity index (χ3v) is 3.86. The number of anilines is 1. The zero-order valence-electron chi connectivity index (χ0n) is 10.7. The van der Waals surface area contributed by atoms with Crippen molar-refractivity contribution < 1.29 is 4.42 Å². The van der Waals surface area contributed by atoms with E-state index in [1.807, 2.05) is 12.1 Å².